The van der Waals surface area contributed by atoms with E-state index < -0.39 is 0 Å². The Balaban J connectivity index is 1.85. The van der Waals surface area contributed by atoms with Gasteiger partial charge in [-0.25, -0.2) is 0 Å². The molecule has 2 aromatic rings. The summed E-state index contributed by atoms with van der Waals surface area (Å²) < 4.78 is 1.57. The summed E-state index contributed by atoms with van der Waals surface area (Å²) >= 11 is 6.19. The van der Waals surface area contributed by atoms with Crippen LogP contribution in [0.5, 0.6) is 0 Å². The van der Waals surface area contributed by atoms with Crippen LogP contribution in [0, 0.1) is 0 Å². The molecule has 1 aliphatic heterocycles. The van der Waals surface area contributed by atoms with Gasteiger partial charge < -0.3 is 9.80 Å². The van der Waals surface area contributed by atoms with Crippen molar-refractivity contribution in [3.05, 3.63) is 52.3 Å². The number of carbonyl (C=O) groups excluding carboxylic acids is 1. The number of likely N-dealkylation sites (tertiary alicyclic amines) is 1. The van der Waals surface area contributed by atoms with Crippen molar-refractivity contribution in [3.63, 3.8) is 0 Å². The highest BCUT2D eigenvalue weighted by molar-refractivity contribution is 6.33. The maximum absolute atomic E-state index is 13.1. The topological polar surface area (TPSA) is 41.4 Å². The number of hydrogen-bond donors (Lipinski definition) is 0. The van der Waals surface area contributed by atoms with Gasteiger partial charge in [0.25, 0.3) is 5.91 Å². The maximum atomic E-state index is 13.1. The van der Waals surface area contributed by atoms with Crippen LogP contribution in [-0.2, 0) is 13.6 Å². The fraction of sp³-hybridized carbons (Fsp3) is 0.474. The van der Waals surface area contributed by atoms with Crippen LogP contribution in [0.15, 0.2) is 30.5 Å². The number of aromatic nitrogens is 2. The number of benzene rings is 1. The molecular weight excluding hydrogens is 336 g/mol. The third-order valence-electron chi connectivity index (χ3n) is 4.72. The van der Waals surface area contributed by atoms with Gasteiger partial charge in [-0.1, -0.05) is 35.9 Å². The molecule has 1 amide bonds. The first kappa shape index (κ1) is 18.0. The zero-order chi connectivity index (χ0) is 18.0. The minimum Gasteiger partial charge on any atom is -0.330 e. The molecule has 1 atom stereocenters. The van der Waals surface area contributed by atoms with Crippen molar-refractivity contribution in [2.45, 2.75) is 31.8 Å². The Hall–Kier alpha value is -1.85. The molecule has 1 saturated heterocycles. The molecule has 6 heteroatoms. The lowest BCUT2D eigenvalue weighted by molar-refractivity contribution is 0.0600. The van der Waals surface area contributed by atoms with Crippen molar-refractivity contribution in [3.8, 4) is 0 Å². The van der Waals surface area contributed by atoms with E-state index >= 15 is 0 Å². The van der Waals surface area contributed by atoms with Crippen molar-refractivity contribution in [1.29, 1.82) is 0 Å². The molecule has 25 heavy (non-hydrogen) atoms. The number of aryl methyl sites for hydroxylation is 1. The fourth-order valence-electron chi connectivity index (χ4n) is 3.52. The number of carbonyl (C=O) groups is 1. The van der Waals surface area contributed by atoms with Crippen LogP contribution < -0.4 is 0 Å². The van der Waals surface area contributed by atoms with Gasteiger partial charge in [-0.2, -0.15) is 5.10 Å². The standard InChI is InChI=1S/C19H25ClN4O/c1-22(2)13-14-7-9-15(10-8-14)17-6-4-5-11-24(17)19(25)18-16(20)12-21-23(18)3/h7-10,12,17H,4-6,11,13H2,1-3H3/t17-/m1/s1. The summed E-state index contributed by atoms with van der Waals surface area (Å²) in [6.45, 7) is 1.67. The molecule has 1 aromatic carbocycles. The Morgan fingerprint density at radius 3 is 2.60 bits per heavy atom. The zero-order valence-corrected chi connectivity index (χ0v) is 15.8. The minimum atomic E-state index is -0.0351. The lowest BCUT2D eigenvalue weighted by atomic mass is 9.94. The van der Waals surface area contributed by atoms with Gasteiger partial charge in [0.2, 0.25) is 0 Å². The summed E-state index contributed by atoms with van der Waals surface area (Å²) in [4.78, 5) is 17.2. The second-order valence-electron chi connectivity index (χ2n) is 6.95. The van der Waals surface area contributed by atoms with Crippen molar-refractivity contribution in [2.24, 2.45) is 7.05 Å². The van der Waals surface area contributed by atoms with E-state index in [-0.39, 0.29) is 11.9 Å². The van der Waals surface area contributed by atoms with Gasteiger partial charge in [-0.05, 0) is 44.5 Å². The average molecular weight is 361 g/mol. The average Bonchev–Trinajstić information content (AvgIpc) is 2.93. The maximum Gasteiger partial charge on any atom is 0.274 e. The number of nitrogens with zero attached hydrogens (tertiary/aromatic N) is 4. The van der Waals surface area contributed by atoms with Crippen molar-refractivity contribution in [1.82, 2.24) is 19.6 Å². The van der Waals surface area contributed by atoms with E-state index in [2.05, 4.69) is 48.4 Å². The molecule has 3 rings (SSSR count). The molecular formula is C19H25ClN4O. The quantitative estimate of drug-likeness (QED) is 0.837. The largest absolute Gasteiger partial charge is 0.330 e. The zero-order valence-electron chi connectivity index (χ0n) is 15.1. The van der Waals surface area contributed by atoms with E-state index in [0.29, 0.717) is 10.7 Å². The SMILES string of the molecule is CN(C)Cc1ccc([C@H]2CCCCN2C(=O)c2c(Cl)cnn2C)cc1. The number of amides is 1. The van der Waals surface area contributed by atoms with Gasteiger partial charge >= 0.3 is 0 Å². The predicted octanol–water partition coefficient (Wildman–Crippen LogP) is 3.50. The number of rotatable bonds is 4. The Labute approximate surface area is 154 Å². The van der Waals surface area contributed by atoms with Crippen LogP contribution >= 0.6 is 11.6 Å². The molecule has 2 heterocycles. The molecule has 0 saturated carbocycles. The Kier molecular flexibility index (Phi) is 5.45. The minimum absolute atomic E-state index is 0.0351. The van der Waals surface area contributed by atoms with Gasteiger partial charge in [0, 0.05) is 20.1 Å². The number of hydrogen-bond acceptors (Lipinski definition) is 3. The van der Waals surface area contributed by atoms with Crippen LogP contribution in [0.1, 0.15) is 46.9 Å². The third-order valence-corrected chi connectivity index (χ3v) is 5.00. The first-order valence-corrected chi connectivity index (χ1v) is 9.07. The molecule has 1 aliphatic rings. The van der Waals surface area contributed by atoms with Crippen LogP contribution in [0.25, 0.3) is 0 Å². The summed E-state index contributed by atoms with van der Waals surface area (Å²) in [5, 5.41) is 4.52. The highest BCUT2D eigenvalue weighted by Crippen LogP contribution is 2.33. The first-order chi connectivity index (χ1) is 12.0. The molecule has 0 bridgehead atoms. The van der Waals surface area contributed by atoms with E-state index in [1.54, 1.807) is 11.7 Å². The highest BCUT2D eigenvalue weighted by Gasteiger charge is 2.31. The molecule has 1 aromatic heterocycles. The highest BCUT2D eigenvalue weighted by atomic mass is 35.5. The second-order valence-corrected chi connectivity index (χ2v) is 7.36. The van der Waals surface area contributed by atoms with Gasteiger partial charge in [0.1, 0.15) is 5.69 Å². The van der Waals surface area contributed by atoms with Gasteiger partial charge in [-0.3, -0.25) is 9.48 Å². The van der Waals surface area contributed by atoms with Crippen LogP contribution in [0.4, 0.5) is 0 Å². The van der Waals surface area contributed by atoms with Crippen molar-refractivity contribution in [2.75, 3.05) is 20.6 Å². The van der Waals surface area contributed by atoms with E-state index in [1.807, 2.05) is 4.90 Å². The second kappa shape index (κ2) is 7.58. The summed E-state index contributed by atoms with van der Waals surface area (Å²) in [7, 11) is 5.88. The molecule has 0 radical (unpaired) electrons. The Morgan fingerprint density at radius 1 is 1.28 bits per heavy atom. The fourth-order valence-corrected chi connectivity index (χ4v) is 3.77. The van der Waals surface area contributed by atoms with E-state index in [1.165, 1.54) is 17.3 Å². The Bertz CT molecular complexity index is 719. The molecule has 0 spiro atoms. The molecule has 5 nitrogen and oxygen atoms in total. The molecule has 0 unspecified atom stereocenters. The van der Waals surface area contributed by atoms with Crippen LogP contribution in [0.2, 0.25) is 5.02 Å². The Morgan fingerprint density at radius 2 is 2.00 bits per heavy atom. The summed E-state index contributed by atoms with van der Waals surface area (Å²) in [6.07, 6.45) is 4.67. The van der Waals surface area contributed by atoms with E-state index in [0.717, 1.165) is 32.4 Å². The summed E-state index contributed by atoms with van der Waals surface area (Å²) in [5.74, 6) is -0.0351. The lowest BCUT2D eigenvalue weighted by Crippen LogP contribution is -2.39. The molecule has 0 N–H and O–H groups in total. The van der Waals surface area contributed by atoms with Crippen LogP contribution in [-0.4, -0.2) is 46.1 Å². The summed E-state index contributed by atoms with van der Waals surface area (Å²) in [6, 6.07) is 8.72. The lowest BCUT2D eigenvalue weighted by Gasteiger charge is -2.36. The van der Waals surface area contributed by atoms with Crippen LogP contribution in [0.3, 0.4) is 0 Å². The summed E-state index contributed by atoms with van der Waals surface area (Å²) in [5.41, 5.74) is 2.93. The smallest absolute Gasteiger partial charge is 0.274 e. The molecule has 0 aliphatic carbocycles. The molecule has 1 fully saturated rings. The number of piperidine rings is 1. The number of halogens is 1. The van der Waals surface area contributed by atoms with Gasteiger partial charge in [0.05, 0.1) is 17.3 Å². The molecule has 134 valence electrons. The van der Waals surface area contributed by atoms with Gasteiger partial charge in [-0.15, -0.1) is 0 Å². The first-order valence-electron chi connectivity index (χ1n) is 8.69. The van der Waals surface area contributed by atoms with Crippen molar-refractivity contribution >= 4 is 17.5 Å². The van der Waals surface area contributed by atoms with Gasteiger partial charge in [0.15, 0.2) is 0 Å². The van der Waals surface area contributed by atoms with Crippen molar-refractivity contribution < 1.29 is 4.79 Å². The van der Waals surface area contributed by atoms with E-state index in [9.17, 15) is 4.79 Å². The normalized spacial score (nSPS) is 18.0. The van der Waals surface area contributed by atoms with E-state index in [4.69, 9.17) is 11.6 Å². The third kappa shape index (κ3) is 3.88. The monoisotopic (exact) mass is 360 g/mol. The predicted molar refractivity (Wildman–Crippen MR) is 99.7 cm³/mol.